The quantitative estimate of drug-likeness (QED) is 0.825. The predicted molar refractivity (Wildman–Crippen MR) is 80.5 cm³/mol. The van der Waals surface area contributed by atoms with Gasteiger partial charge in [-0.2, -0.15) is 5.26 Å². The minimum absolute atomic E-state index is 0.324. The van der Waals surface area contributed by atoms with Crippen LogP contribution in [-0.4, -0.2) is 12.6 Å². The number of hydrogen-bond donors (Lipinski definition) is 1. The third-order valence-electron chi connectivity index (χ3n) is 3.73. The SMILES string of the molecule is Cc1cccc(CNC2CC2)c1OCCC(C)(C)C#N. The lowest BCUT2D eigenvalue weighted by molar-refractivity contribution is 0.260. The van der Waals surface area contributed by atoms with Crippen LogP contribution < -0.4 is 10.1 Å². The van der Waals surface area contributed by atoms with Gasteiger partial charge in [0.2, 0.25) is 0 Å². The normalized spacial score (nSPS) is 14.9. The van der Waals surface area contributed by atoms with Crippen LogP contribution in [0.15, 0.2) is 18.2 Å². The second-order valence-corrected chi connectivity index (χ2v) is 6.31. The van der Waals surface area contributed by atoms with Gasteiger partial charge < -0.3 is 10.1 Å². The lowest BCUT2D eigenvalue weighted by Gasteiger charge is -2.18. The van der Waals surface area contributed by atoms with Crippen LogP contribution in [0.4, 0.5) is 0 Å². The van der Waals surface area contributed by atoms with Gasteiger partial charge in [-0.05, 0) is 45.6 Å². The fourth-order valence-corrected chi connectivity index (χ4v) is 2.06. The lowest BCUT2D eigenvalue weighted by Crippen LogP contribution is -2.17. The third-order valence-corrected chi connectivity index (χ3v) is 3.73. The number of benzene rings is 1. The van der Waals surface area contributed by atoms with E-state index in [2.05, 4.69) is 36.5 Å². The van der Waals surface area contributed by atoms with E-state index in [0.717, 1.165) is 24.3 Å². The van der Waals surface area contributed by atoms with Crippen molar-refractivity contribution in [3.8, 4) is 11.8 Å². The van der Waals surface area contributed by atoms with Crippen molar-refractivity contribution in [1.82, 2.24) is 5.32 Å². The largest absolute Gasteiger partial charge is 0.493 e. The molecule has 0 bridgehead atoms. The molecular formula is C17H24N2O. The zero-order valence-corrected chi connectivity index (χ0v) is 12.7. The molecule has 1 aliphatic rings. The van der Waals surface area contributed by atoms with Crippen molar-refractivity contribution < 1.29 is 4.74 Å². The maximum atomic E-state index is 9.04. The number of ether oxygens (including phenoxy) is 1. The number of nitrogens with zero attached hydrogens (tertiary/aromatic N) is 1. The molecule has 0 amide bonds. The Balaban J connectivity index is 1.96. The van der Waals surface area contributed by atoms with Crippen molar-refractivity contribution in [3.63, 3.8) is 0 Å². The van der Waals surface area contributed by atoms with Gasteiger partial charge in [0.15, 0.2) is 0 Å². The Morgan fingerprint density at radius 3 is 2.80 bits per heavy atom. The van der Waals surface area contributed by atoms with Crippen LogP contribution in [0.1, 0.15) is 44.2 Å². The Morgan fingerprint density at radius 1 is 1.40 bits per heavy atom. The molecule has 0 unspecified atom stereocenters. The molecule has 0 atom stereocenters. The Labute approximate surface area is 121 Å². The van der Waals surface area contributed by atoms with Gasteiger partial charge in [0.1, 0.15) is 5.75 Å². The van der Waals surface area contributed by atoms with E-state index in [1.165, 1.54) is 18.4 Å². The molecule has 1 aromatic carbocycles. The third kappa shape index (κ3) is 4.25. The number of hydrogen-bond acceptors (Lipinski definition) is 3. The molecule has 1 saturated carbocycles. The average Bonchev–Trinajstić information content (AvgIpc) is 3.23. The van der Waals surface area contributed by atoms with Gasteiger partial charge in [0, 0.05) is 18.2 Å². The van der Waals surface area contributed by atoms with Gasteiger partial charge in [-0.1, -0.05) is 18.2 Å². The van der Waals surface area contributed by atoms with E-state index >= 15 is 0 Å². The lowest BCUT2D eigenvalue weighted by atomic mass is 9.92. The molecule has 0 saturated heterocycles. The number of rotatable bonds is 7. The van der Waals surface area contributed by atoms with Crippen molar-refractivity contribution >= 4 is 0 Å². The molecule has 0 radical (unpaired) electrons. The van der Waals surface area contributed by atoms with Gasteiger partial charge in [-0.3, -0.25) is 0 Å². The monoisotopic (exact) mass is 272 g/mol. The minimum Gasteiger partial charge on any atom is -0.493 e. The molecule has 1 fully saturated rings. The van der Waals surface area contributed by atoms with Crippen LogP contribution >= 0.6 is 0 Å². The highest BCUT2D eigenvalue weighted by atomic mass is 16.5. The van der Waals surface area contributed by atoms with Crippen LogP contribution in [-0.2, 0) is 6.54 Å². The summed E-state index contributed by atoms with van der Waals surface area (Å²) in [6.07, 6.45) is 3.32. The molecule has 1 aliphatic carbocycles. The standard InChI is InChI=1S/C17H24N2O/c1-13-5-4-6-14(11-19-15-7-8-15)16(13)20-10-9-17(2,3)12-18/h4-6,15,19H,7-11H2,1-3H3. The number of nitrogens with one attached hydrogen (secondary N) is 1. The van der Waals surface area contributed by atoms with Crippen LogP contribution in [0.5, 0.6) is 5.75 Å². The summed E-state index contributed by atoms with van der Waals surface area (Å²) in [5.41, 5.74) is 2.05. The Bertz CT molecular complexity index is 498. The summed E-state index contributed by atoms with van der Waals surface area (Å²) in [6.45, 7) is 7.42. The maximum Gasteiger partial charge on any atom is 0.126 e. The Kier molecular flexibility index (Phi) is 4.67. The highest BCUT2D eigenvalue weighted by molar-refractivity contribution is 5.40. The van der Waals surface area contributed by atoms with E-state index in [0.29, 0.717) is 12.6 Å². The first kappa shape index (κ1) is 14.9. The molecular weight excluding hydrogens is 248 g/mol. The Morgan fingerprint density at radius 2 is 2.15 bits per heavy atom. The van der Waals surface area contributed by atoms with Crippen molar-refractivity contribution in [2.24, 2.45) is 5.41 Å². The van der Waals surface area contributed by atoms with E-state index in [4.69, 9.17) is 10.00 Å². The first-order chi connectivity index (χ1) is 9.52. The second kappa shape index (κ2) is 6.28. The zero-order valence-electron chi connectivity index (χ0n) is 12.7. The fourth-order valence-electron chi connectivity index (χ4n) is 2.06. The van der Waals surface area contributed by atoms with E-state index in [-0.39, 0.29) is 5.41 Å². The van der Waals surface area contributed by atoms with Crippen LogP contribution in [0.3, 0.4) is 0 Å². The molecule has 20 heavy (non-hydrogen) atoms. The van der Waals surface area contributed by atoms with E-state index < -0.39 is 0 Å². The molecule has 0 heterocycles. The molecule has 0 aliphatic heterocycles. The van der Waals surface area contributed by atoms with Crippen molar-refractivity contribution in [2.75, 3.05) is 6.61 Å². The van der Waals surface area contributed by atoms with E-state index in [1.54, 1.807) is 0 Å². The van der Waals surface area contributed by atoms with E-state index in [9.17, 15) is 0 Å². The highest BCUT2D eigenvalue weighted by Gasteiger charge is 2.21. The van der Waals surface area contributed by atoms with Gasteiger partial charge in [-0.25, -0.2) is 0 Å². The molecule has 3 nitrogen and oxygen atoms in total. The summed E-state index contributed by atoms with van der Waals surface area (Å²) in [5, 5.41) is 12.6. The molecule has 108 valence electrons. The highest BCUT2D eigenvalue weighted by Crippen LogP contribution is 2.27. The average molecular weight is 272 g/mol. The van der Waals surface area contributed by atoms with Gasteiger partial charge in [0.05, 0.1) is 18.1 Å². The summed E-state index contributed by atoms with van der Waals surface area (Å²) in [5.74, 6) is 0.981. The molecule has 1 N–H and O–H groups in total. The molecule has 3 heteroatoms. The van der Waals surface area contributed by atoms with Crippen molar-refractivity contribution in [1.29, 1.82) is 5.26 Å². The first-order valence-corrected chi connectivity index (χ1v) is 7.38. The Hall–Kier alpha value is -1.53. The zero-order chi connectivity index (χ0) is 14.6. The molecule has 0 spiro atoms. The summed E-state index contributed by atoms with van der Waals surface area (Å²) in [7, 11) is 0. The summed E-state index contributed by atoms with van der Waals surface area (Å²) < 4.78 is 5.97. The van der Waals surface area contributed by atoms with Crippen LogP contribution in [0.2, 0.25) is 0 Å². The van der Waals surface area contributed by atoms with Crippen molar-refractivity contribution in [2.45, 2.75) is 52.6 Å². The van der Waals surface area contributed by atoms with Crippen LogP contribution in [0.25, 0.3) is 0 Å². The topological polar surface area (TPSA) is 45.0 Å². The first-order valence-electron chi connectivity index (χ1n) is 7.38. The molecule has 0 aromatic heterocycles. The van der Waals surface area contributed by atoms with Crippen LogP contribution in [0, 0.1) is 23.7 Å². The maximum absolute atomic E-state index is 9.04. The second-order valence-electron chi connectivity index (χ2n) is 6.31. The number of para-hydroxylation sites is 1. The summed E-state index contributed by atoms with van der Waals surface area (Å²) in [6, 6.07) is 9.28. The van der Waals surface area contributed by atoms with Gasteiger partial charge in [-0.15, -0.1) is 0 Å². The van der Waals surface area contributed by atoms with E-state index in [1.807, 2.05) is 13.8 Å². The smallest absolute Gasteiger partial charge is 0.126 e. The molecule has 2 rings (SSSR count). The minimum atomic E-state index is -0.324. The molecule has 1 aromatic rings. The number of aryl methyl sites for hydroxylation is 1. The van der Waals surface area contributed by atoms with Gasteiger partial charge in [0.25, 0.3) is 0 Å². The summed E-state index contributed by atoms with van der Waals surface area (Å²) in [4.78, 5) is 0. The summed E-state index contributed by atoms with van der Waals surface area (Å²) >= 11 is 0. The van der Waals surface area contributed by atoms with Gasteiger partial charge >= 0.3 is 0 Å². The number of nitriles is 1. The van der Waals surface area contributed by atoms with Crippen molar-refractivity contribution in [3.05, 3.63) is 29.3 Å². The predicted octanol–water partition coefficient (Wildman–Crippen LogP) is 3.57. The fraction of sp³-hybridized carbons (Fsp3) is 0.588.